The molecule has 0 amide bonds. The Morgan fingerprint density at radius 1 is 0.326 bits per heavy atom. The number of carboxylic acid groups (broad SMARTS) is 1. The van der Waals surface area contributed by atoms with Gasteiger partial charge in [-0.1, -0.05) is 354 Å². The van der Waals surface area contributed by atoms with Crippen molar-refractivity contribution in [1.29, 1.82) is 0 Å². The molecule has 0 aromatic carbocycles. The number of carbonyl (C=O) groups excluding carboxylic acids is 3. The molecule has 9 nitrogen and oxygen atoms in total. The van der Waals surface area contributed by atoms with E-state index in [0.717, 1.165) is 77.0 Å². The second-order valence-electron chi connectivity index (χ2n) is 27.6. The first kappa shape index (κ1) is 90.7. The van der Waals surface area contributed by atoms with E-state index in [2.05, 4.69) is 135 Å². The van der Waals surface area contributed by atoms with Crippen LogP contribution >= 0.6 is 0 Å². The fraction of sp³-hybridized carbons (Fsp3) is 0.733. The maximum atomic E-state index is 12.9. The fourth-order valence-electron chi connectivity index (χ4n) is 11.2. The Labute approximate surface area is 587 Å². The van der Waals surface area contributed by atoms with Crippen molar-refractivity contribution in [1.82, 2.24) is 0 Å². The van der Waals surface area contributed by atoms with E-state index in [-0.39, 0.29) is 38.6 Å². The Kier molecular flexibility index (Phi) is 72.0. The molecule has 95 heavy (non-hydrogen) atoms. The van der Waals surface area contributed by atoms with Crippen molar-refractivity contribution in [3.05, 3.63) is 122 Å². The third-order valence-electron chi connectivity index (χ3n) is 17.2. The molecule has 2 atom stereocenters. The third-order valence-corrected chi connectivity index (χ3v) is 17.2. The lowest BCUT2D eigenvalue weighted by Gasteiger charge is -2.26. The topological polar surface area (TPSA) is 111 Å². The molecule has 0 spiro atoms. The summed E-state index contributed by atoms with van der Waals surface area (Å²) in [7, 11) is 5.91. The molecule has 0 aliphatic rings. The van der Waals surface area contributed by atoms with E-state index in [0.29, 0.717) is 23.9 Å². The molecule has 0 saturated carbocycles. The van der Waals surface area contributed by atoms with Crippen LogP contribution in [0.1, 0.15) is 348 Å². The molecule has 0 aliphatic heterocycles. The van der Waals surface area contributed by atoms with Crippen molar-refractivity contribution in [3.8, 4) is 0 Å². The molecule has 0 bridgehead atoms. The highest BCUT2D eigenvalue weighted by Gasteiger charge is 2.22. The van der Waals surface area contributed by atoms with Crippen LogP contribution in [-0.2, 0) is 33.3 Å². The summed E-state index contributed by atoms with van der Waals surface area (Å²) in [6.45, 7) is 4.59. The van der Waals surface area contributed by atoms with Gasteiger partial charge in [0.15, 0.2) is 12.4 Å². The number of unbranched alkanes of at least 4 members (excludes halogenated alkanes) is 38. The molecule has 0 heterocycles. The first-order valence-corrected chi connectivity index (χ1v) is 39.7. The van der Waals surface area contributed by atoms with Gasteiger partial charge in [0, 0.05) is 12.8 Å². The molecule has 0 radical (unpaired) electrons. The van der Waals surface area contributed by atoms with Gasteiger partial charge in [-0.05, 0) is 103 Å². The monoisotopic (exact) mass is 1320 g/mol. The molecule has 9 heteroatoms. The molecular weight excluding hydrogens is 1170 g/mol. The van der Waals surface area contributed by atoms with E-state index >= 15 is 0 Å². The molecule has 0 saturated heterocycles. The summed E-state index contributed by atoms with van der Waals surface area (Å²) >= 11 is 0. The quantitative estimate of drug-likeness (QED) is 0.0195. The number of hydrogen-bond acceptors (Lipinski definition) is 8. The fourth-order valence-corrected chi connectivity index (χ4v) is 11.2. The number of hydrogen-bond donors (Lipinski definition) is 0. The van der Waals surface area contributed by atoms with Gasteiger partial charge in [0.2, 0.25) is 0 Å². The van der Waals surface area contributed by atoms with Crippen LogP contribution in [0.3, 0.4) is 0 Å². The number of aliphatic carboxylic acids is 1. The average Bonchev–Trinajstić information content (AvgIpc) is 2.86. The van der Waals surface area contributed by atoms with Gasteiger partial charge in [0.05, 0.1) is 40.3 Å². The number of ether oxygens (including phenoxy) is 4. The van der Waals surface area contributed by atoms with Crippen molar-refractivity contribution in [2.45, 2.75) is 360 Å². The van der Waals surface area contributed by atoms with Gasteiger partial charge in [-0.3, -0.25) is 9.59 Å². The van der Waals surface area contributed by atoms with E-state index in [1.54, 1.807) is 0 Å². The van der Waals surface area contributed by atoms with Gasteiger partial charge in [0.25, 0.3) is 0 Å². The van der Waals surface area contributed by atoms with Gasteiger partial charge in [-0.2, -0.15) is 0 Å². The Bertz CT molecular complexity index is 1980. The van der Waals surface area contributed by atoms with E-state index in [1.807, 2.05) is 21.1 Å². The highest BCUT2D eigenvalue weighted by molar-refractivity contribution is 5.70. The normalized spacial score (nSPS) is 13.3. The number of allylic oxidation sites excluding steroid dienone is 20. The summed E-state index contributed by atoms with van der Waals surface area (Å²) in [4.78, 5) is 37.5. The van der Waals surface area contributed by atoms with Crippen LogP contribution in [0.15, 0.2) is 122 Å². The highest BCUT2D eigenvalue weighted by Crippen LogP contribution is 2.19. The van der Waals surface area contributed by atoms with Crippen molar-refractivity contribution >= 4 is 17.9 Å². The largest absolute Gasteiger partial charge is 0.545 e. The lowest BCUT2D eigenvalue weighted by Crippen LogP contribution is -2.44. The van der Waals surface area contributed by atoms with Gasteiger partial charge in [-0.15, -0.1) is 0 Å². The molecular formula is C86H149NO8. The summed E-state index contributed by atoms with van der Waals surface area (Å²) in [5.41, 5.74) is 0. The Hall–Kier alpha value is -4.31. The molecule has 2 unspecified atom stereocenters. The molecule has 0 aliphatic carbocycles. The standard InChI is InChI=1S/C86H149NO8/c1-6-8-10-12-14-16-18-20-22-24-26-28-30-32-34-36-37-38-39-40-41-42-43-44-45-46-47-49-50-52-54-56-58-60-62-64-66-68-70-72-74-76-83(88)93-80-82(81-94-86(85(90)91)92-79-78-87(3,4)5)95-84(89)77-75-73-71-69-67-65-63-61-59-57-55-53-51-48-35-33-31-29-27-25-23-21-19-17-15-13-11-9-7-2/h9,11,15,17,21,23-24,26-27,29,33,35,51,53,57,59,63,65,69,71,82,86H,6-8,10,12-14,16,18-20,22,25,28,30-32,34,36-50,52,54-56,58,60-62,64,66-68,70,72-81H2,1-5H3/b11-9-,17-15-,23-21-,26-24-,29-27-,35-33-,53-51-,59-57-,65-63-,71-69-. The van der Waals surface area contributed by atoms with Crippen molar-refractivity contribution in [2.75, 3.05) is 47.5 Å². The third kappa shape index (κ3) is 76.9. The molecule has 0 fully saturated rings. The van der Waals surface area contributed by atoms with Crippen LogP contribution in [0, 0.1) is 0 Å². The number of rotatable bonds is 73. The minimum Gasteiger partial charge on any atom is -0.545 e. The van der Waals surface area contributed by atoms with Crippen LogP contribution < -0.4 is 5.11 Å². The van der Waals surface area contributed by atoms with Crippen molar-refractivity contribution in [3.63, 3.8) is 0 Å². The lowest BCUT2D eigenvalue weighted by molar-refractivity contribution is -0.870. The first-order valence-electron chi connectivity index (χ1n) is 39.7. The van der Waals surface area contributed by atoms with E-state index < -0.39 is 24.3 Å². The van der Waals surface area contributed by atoms with E-state index in [1.165, 1.54) is 231 Å². The number of carbonyl (C=O) groups is 3. The summed E-state index contributed by atoms with van der Waals surface area (Å²) in [5, 5.41) is 11.8. The Morgan fingerprint density at radius 3 is 0.937 bits per heavy atom. The summed E-state index contributed by atoms with van der Waals surface area (Å²) in [6, 6.07) is 0. The van der Waals surface area contributed by atoms with Crippen LogP contribution in [0.25, 0.3) is 0 Å². The van der Waals surface area contributed by atoms with Gasteiger partial charge in [0.1, 0.15) is 13.2 Å². The number of carboxylic acids is 1. The molecule has 0 aromatic heterocycles. The lowest BCUT2D eigenvalue weighted by atomic mass is 10.0. The maximum absolute atomic E-state index is 12.9. The van der Waals surface area contributed by atoms with Gasteiger partial charge in [-0.25, -0.2) is 0 Å². The van der Waals surface area contributed by atoms with Crippen LogP contribution in [-0.4, -0.2) is 82.3 Å². The predicted molar refractivity (Wildman–Crippen MR) is 407 cm³/mol. The van der Waals surface area contributed by atoms with Gasteiger partial charge >= 0.3 is 11.9 Å². The predicted octanol–water partition coefficient (Wildman–Crippen LogP) is 24.1. The van der Waals surface area contributed by atoms with Crippen LogP contribution in [0.5, 0.6) is 0 Å². The molecule has 0 rings (SSSR count). The zero-order chi connectivity index (χ0) is 69.0. The number of quaternary nitrogens is 1. The van der Waals surface area contributed by atoms with Crippen LogP contribution in [0.2, 0.25) is 0 Å². The minimum absolute atomic E-state index is 0.132. The Balaban J connectivity index is 4.06. The smallest absolute Gasteiger partial charge is 0.306 e. The molecule has 0 N–H and O–H groups in total. The maximum Gasteiger partial charge on any atom is 0.306 e. The van der Waals surface area contributed by atoms with Crippen molar-refractivity contribution in [2.24, 2.45) is 0 Å². The number of nitrogens with zero attached hydrogens (tertiary/aromatic N) is 1. The van der Waals surface area contributed by atoms with Gasteiger partial charge < -0.3 is 33.3 Å². The second kappa shape index (κ2) is 75.5. The van der Waals surface area contributed by atoms with E-state index in [9.17, 15) is 19.5 Å². The summed E-state index contributed by atoms with van der Waals surface area (Å²) < 4.78 is 22.8. The second-order valence-corrected chi connectivity index (χ2v) is 27.6. The summed E-state index contributed by atoms with van der Waals surface area (Å²) in [6.07, 6.45) is 105. The minimum atomic E-state index is -1.64. The SMILES string of the molecule is CC/C=C\C/C=C\C/C=C\C/C=C\C/C=C\C/C=C\C/C=C\C/C=C\C/C=C\CCCC(=O)OC(COC(=O)CCCCCCCCCCCCCCCCCCCCCCCCCCCCCCC/C=C\CCCCCCCCCC)COC(OCC[N+](C)(C)C)C(=O)[O-]. The van der Waals surface area contributed by atoms with Crippen molar-refractivity contribution < 1.29 is 42.9 Å². The Morgan fingerprint density at radius 2 is 0.611 bits per heavy atom. The zero-order valence-corrected chi connectivity index (χ0v) is 62.5. The molecule has 0 aromatic rings. The number of esters is 2. The van der Waals surface area contributed by atoms with E-state index in [4.69, 9.17) is 18.9 Å². The zero-order valence-electron chi connectivity index (χ0n) is 62.5. The first-order chi connectivity index (χ1) is 46.6. The molecule has 546 valence electrons. The average molecular weight is 1330 g/mol. The van der Waals surface area contributed by atoms with Crippen LogP contribution in [0.4, 0.5) is 0 Å². The highest BCUT2D eigenvalue weighted by atomic mass is 16.7. The number of likely N-dealkylation sites (N-methyl/N-ethyl adjacent to an activating group) is 1. The summed E-state index contributed by atoms with van der Waals surface area (Å²) in [5.74, 6) is -2.36.